The van der Waals surface area contributed by atoms with E-state index in [-0.39, 0.29) is 5.91 Å². The zero-order valence-corrected chi connectivity index (χ0v) is 11.7. The van der Waals surface area contributed by atoms with Crippen molar-refractivity contribution in [3.63, 3.8) is 0 Å². The first-order valence-corrected chi connectivity index (χ1v) is 6.75. The average molecular weight is 280 g/mol. The monoisotopic (exact) mass is 280 g/mol. The molecule has 4 nitrogen and oxygen atoms in total. The van der Waals surface area contributed by atoms with Crippen molar-refractivity contribution in [1.29, 1.82) is 0 Å². The number of benzene rings is 2. The SMILES string of the molecule is COc1ccccc1NC1=CC(=O)N(c2ccccc2)C1. The highest BCUT2D eigenvalue weighted by Gasteiger charge is 2.23. The quantitative estimate of drug-likeness (QED) is 0.936. The third-order valence-corrected chi connectivity index (χ3v) is 3.36. The molecular weight excluding hydrogens is 264 g/mol. The lowest BCUT2D eigenvalue weighted by Gasteiger charge is -2.17. The zero-order valence-electron chi connectivity index (χ0n) is 11.7. The fraction of sp³-hybridized carbons (Fsp3) is 0.118. The minimum atomic E-state index is -0.0152. The largest absolute Gasteiger partial charge is 0.495 e. The Labute approximate surface area is 123 Å². The van der Waals surface area contributed by atoms with Gasteiger partial charge in [-0.15, -0.1) is 0 Å². The molecule has 0 fully saturated rings. The van der Waals surface area contributed by atoms with Crippen molar-refractivity contribution in [2.24, 2.45) is 0 Å². The van der Waals surface area contributed by atoms with Crippen LogP contribution >= 0.6 is 0 Å². The van der Waals surface area contributed by atoms with Crippen molar-refractivity contribution in [2.45, 2.75) is 0 Å². The van der Waals surface area contributed by atoms with Gasteiger partial charge in [-0.25, -0.2) is 0 Å². The maximum Gasteiger partial charge on any atom is 0.253 e. The van der Waals surface area contributed by atoms with Crippen molar-refractivity contribution in [3.05, 3.63) is 66.4 Å². The normalized spacial score (nSPS) is 14.0. The minimum Gasteiger partial charge on any atom is -0.495 e. The fourth-order valence-corrected chi connectivity index (χ4v) is 2.34. The molecule has 0 unspecified atom stereocenters. The van der Waals surface area contributed by atoms with Crippen LogP contribution in [0.15, 0.2) is 66.4 Å². The van der Waals surface area contributed by atoms with E-state index in [1.54, 1.807) is 18.1 Å². The summed E-state index contributed by atoms with van der Waals surface area (Å²) in [5.41, 5.74) is 2.61. The van der Waals surface area contributed by atoms with E-state index in [2.05, 4.69) is 5.32 Å². The van der Waals surface area contributed by atoms with Gasteiger partial charge in [0.15, 0.2) is 0 Å². The molecule has 1 aliphatic heterocycles. The van der Waals surface area contributed by atoms with E-state index in [0.29, 0.717) is 6.54 Å². The molecule has 0 saturated heterocycles. The first-order valence-electron chi connectivity index (χ1n) is 6.75. The van der Waals surface area contributed by atoms with Crippen LogP contribution in [0.4, 0.5) is 11.4 Å². The molecule has 2 aromatic carbocycles. The molecule has 106 valence electrons. The Kier molecular flexibility index (Phi) is 3.60. The summed E-state index contributed by atoms with van der Waals surface area (Å²) in [7, 11) is 1.63. The lowest BCUT2D eigenvalue weighted by molar-refractivity contribution is -0.113. The molecule has 0 aliphatic carbocycles. The number of anilines is 2. The Bertz CT molecular complexity index is 680. The maximum absolute atomic E-state index is 12.1. The van der Waals surface area contributed by atoms with Crippen LogP contribution < -0.4 is 15.0 Å². The highest BCUT2D eigenvalue weighted by atomic mass is 16.5. The van der Waals surface area contributed by atoms with E-state index in [1.807, 2.05) is 54.6 Å². The minimum absolute atomic E-state index is 0.0152. The van der Waals surface area contributed by atoms with Crippen LogP contribution in [-0.2, 0) is 4.79 Å². The molecular formula is C17H16N2O2. The van der Waals surface area contributed by atoms with Gasteiger partial charge in [-0.1, -0.05) is 30.3 Å². The smallest absolute Gasteiger partial charge is 0.253 e. The lowest BCUT2D eigenvalue weighted by atomic mass is 10.2. The fourth-order valence-electron chi connectivity index (χ4n) is 2.34. The molecule has 1 N–H and O–H groups in total. The lowest BCUT2D eigenvalue weighted by Crippen LogP contribution is -2.25. The van der Waals surface area contributed by atoms with Gasteiger partial charge in [0, 0.05) is 17.5 Å². The van der Waals surface area contributed by atoms with E-state index in [9.17, 15) is 4.79 Å². The van der Waals surface area contributed by atoms with Crippen LogP contribution in [-0.4, -0.2) is 19.6 Å². The Morgan fingerprint density at radius 3 is 2.52 bits per heavy atom. The number of nitrogens with one attached hydrogen (secondary N) is 1. The maximum atomic E-state index is 12.1. The molecule has 1 amide bonds. The number of nitrogens with zero attached hydrogens (tertiary/aromatic N) is 1. The van der Waals surface area contributed by atoms with Crippen molar-refractivity contribution in [3.8, 4) is 5.75 Å². The molecule has 1 aliphatic rings. The molecule has 21 heavy (non-hydrogen) atoms. The number of methoxy groups -OCH3 is 1. The summed E-state index contributed by atoms with van der Waals surface area (Å²) in [4.78, 5) is 13.8. The predicted molar refractivity (Wildman–Crippen MR) is 83.5 cm³/mol. The van der Waals surface area contributed by atoms with Gasteiger partial charge < -0.3 is 15.0 Å². The van der Waals surface area contributed by atoms with Crippen molar-refractivity contribution >= 4 is 17.3 Å². The van der Waals surface area contributed by atoms with Crippen LogP contribution in [0.3, 0.4) is 0 Å². The summed E-state index contributed by atoms with van der Waals surface area (Å²) in [6.45, 7) is 0.529. The summed E-state index contributed by atoms with van der Waals surface area (Å²) < 4.78 is 5.31. The average Bonchev–Trinajstić information content (AvgIpc) is 2.89. The number of rotatable bonds is 4. The number of hydrogen-bond acceptors (Lipinski definition) is 3. The molecule has 0 spiro atoms. The first kappa shape index (κ1) is 13.2. The first-order chi connectivity index (χ1) is 10.3. The van der Waals surface area contributed by atoms with Gasteiger partial charge in [0.25, 0.3) is 5.91 Å². The number of amides is 1. The number of para-hydroxylation sites is 3. The highest BCUT2D eigenvalue weighted by molar-refractivity contribution is 6.05. The second-order valence-corrected chi connectivity index (χ2v) is 4.75. The molecule has 3 rings (SSSR count). The van der Waals surface area contributed by atoms with E-state index < -0.39 is 0 Å². The molecule has 1 heterocycles. The standard InChI is InChI=1S/C17H16N2O2/c1-21-16-10-6-5-9-15(16)18-13-11-17(20)19(12-13)14-7-3-2-4-8-14/h2-11,18H,12H2,1H3. The predicted octanol–water partition coefficient (Wildman–Crippen LogP) is 3.04. The molecule has 4 heteroatoms. The summed E-state index contributed by atoms with van der Waals surface area (Å²) in [5.74, 6) is 0.739. The second kappa shape index (κ2) is 5.71. The molecule has 0 atom stereocenters. The highest BCUT2D eigenvalue weighted by Crippen LogP contribution is 2.27. The third kappa shape index (κ3) is 2.74. The topological polar surface area (TPSA) is 41.6 Å². The van der Waals surface area contributed by atoms with E-state index in [1.165, 1.54) is 0 Å². The molecule has 0 aromatic heterocycles. The van der Waals surface area contributed by atoms with Crippen LogP contribution in [0, 0.1) is 0 Å². The Balaban J connectivity index is 1.77. The number of carbonyl (C=O) groups excluding carboxylic acids is 1. The summed E-state index contributed by atoms with van der Waals surface area (Å²) in [5, 5.41) is 3.26. The van der Waals surface area contributed by atoms with Gasteiger partial charge in [0.1, 0.15) is 5.75 Å². The van der Waals surface area contributed by atoms with Gasteiger partial charge >= 0.3 is 0 Å². The summed E-state index contributed by atoms with van der Waals surface area (Å²) >= 11 is 0. The van der Waals surface area contributed by atoms with Crippen molar-refractivity contribution in [2.75, 3.05) is 23.9 Å². The van der Waals surface area contributed by atoms with Crippen molar-refractivity contribution < 1.29 is 9.53 Å². The zero-order chi connectivity index (χ0) is 14.7. The Morgan fingerprint density at radius 1 is 1.05 bits per heavy atom. The Hall–Kier alpha value is -2.75. The van der Waals surface area contributed by atoms with Gasteiger partial charge in [-0.2, -0.15) is 0 Å². The van der Waals surface area contributed by atoms with Gasteiger partial charge in [0.2, 0.25) is 0 Å². The van der Waals surface area contributed by atoms with Gasteiger partial charge in [-0.3, -0.25) is 4.79 Å². The molecule has 2 aromatic rings. The molecule has 0 radical (unpaired) electrons. The van der Waals surface area contributed by atoms with Crippen LogP contribution in [0.25, 0.3) is 0 Å². The van der Waals surface area contributed by atoms with Gasteiger partial charge in [0.05, 0.1) is 19.3 Å². The molecule has 0 saturated carbocycles. The van der Waals surface area contributed by atoms with Gasteiger partial charge in [-0.05, 0) is 24.3 Å². The Morgan fingerprint density at radius 2 is 1.76 bits per heavy atom. The molecule has 0 bridgehead atoms. The van der Waals surface area contributed by atoms with Crippen molar-refractivity contribution in [1.82, 2.24) is 0 Å². The van der Waals surface area contributed by atoms with E-state index >= 15 is 0 Å². The third-order valence-electron chi connectivity index (χ3n) is 3.36. The van der Waals surface area contributed by atoms with Crippen LogP contribution in [0.5, 0.6) is 5.75 Å². The number of carbonyl (C=O) groups is 1. The summed E-state index contributed by atoms with van der Waals surface area (Å²) in [6, 6.07) is 17.3. The van der Waals surface area contributed by atoms with E-state index in [4.69, 9.17) is 4.74 Å². The summed E-state index contributed by atoms with van der Waals surface area (Å²) in [6.07, 6.45) is 1.62. The van der Waals surface area contributed by atoms with E-state index in [0.717, 1.165) is 22.8 Å². The second-order valence-electron chi connectivity index (χ2n) is 4.75. The van der Waals surface area contributed by atoms with Crippen LogP contribution in [0.1, 0.15) is 0 Å². The number of ether oxygens (including phenoxy) is 1. The number of hydrogen-bond donors (Lipinski definition) is 1. The van der Waals surface area contributed by atoms with Crippen LogP contribution in [0.2, 0.25) is 0 Å².